The number of nitrogens with zero attached hydrogens (tertiary/aromatic N) is 6. The maximum atomic E-state index is 9.28. The highest BCUT2D eigenvalue weighted by Gasteiger charge is 2.25. The molecule has 7 heteroatoms. The number of anilines is 2. The third-order valence-electron chi connectivity index (χ3n) is 4.25. The summed E-state index contributed by atoms with van der Waals surface area (Å²) in [4.78, 5) is 12.9. The Hall–Kier alpha value is -2.62. The van der Waals surface area contributed by atoms with E-state index in [-0.39, 0.29) is 0 Å². The average molecular weight is 311 g/mol. The number of piperidine rings is 1. The summed E-state index contributed by atoms with van der Waals surface area (Å²) < 4.78 is 0. The Balaban J connectivity index is 1.71. The summed E-state index contributed by atoms with van der Waals surface area (Å²) >= 11 is 0. The zero-order valence-electron chi connectivity index (χ0n) is 13.7. The highest BCUT2D eigenvalue weighted by atomic mass is 15.3. The number of aryl methyl sites for hydroxylation is 1. The number of H-pyrrole nitrogens is 1. The van der Waals surface area contributed by atoms with Crippen LogP contribution in [0.2, 0.25) is 0 Å². The lowest BCUT2D eigenvalue weighted by molar-refractivity contribution is 0.486. The fourth-order valence-corrected chi connectivity index (χ4v) is 2.93. The first-order valence-electron chi connectivity index (χ1n) is 7.80. The van der Waals surface area contributed by atoms with Gasteiger partial charge < -0.3 is 9.80 Å². The molecule has 120 valence electrons. The molecule has 0 unspecified atom stereocenters. The van der Waals surface area contributed by atoms with Crippen LogP contribution in [0.1, 0.15) is 35.8 Å². The molecule has 1 fully saturated rings. The summed E-state index contributed by atoms with van der Waals surface area (Å²) in [5.41, 5.74) is 2.57. The molecule has 0 atom stereocenters. The van der Waals surface area contributed by atoms with Gasteiger partial charge in [-0.15, -0.1) is 5.10 Å². The normalized spacial score (nSPS) is 15.5. The van der Waals surface area contributed by atoms with Crippen molar-refractivity contribution in [3.8, 4) is 6.07 Å². The van der Waals surface area contributed by atoms with Gasteiger partial charge in [0.1, 0.15) is 11.9 Å². The van der Waals surface area contributed by atoms with E-state index in [0.717, 1.165) is 49.1 Å². The van der Waals surface area contributed by atoms with E-state index >= 15 is 0 Å². The van der Waals surface area contributed by atoms with Crippen molar-refractivity contribution in [3.63, 3.8) is 0 Å². The van der Waals surface area contributed by atoms with Gasteiger partial charge >= 0.3 is 0 Å². The van der Waals surface area contributed by atoms with Crippen LogP contribution in [0.5, 0.6) is 0 Å². The maximum absolute atomic E-state index is 9.28. The number of nitrogens with one attached hydrogen (secondary N) is 1. The molecule has 1 aliphatic rings. The van der Waals surface area contributed by atoms with E-state index < -0.39 is 0 Å². The fourth-order valence-electron chi connectivity index (χ4n) is 2.93. The predicted octanol–water partition coefficient (Wildman–Crippen LogP) is 1.83. The van der Waals surface area contributed by atoms with Crippen LogP contribution in [0.15, 0.2) is 12.3 Å². The first kappa shape index (κ1) is 15.3. The largest absolute Gasteiger partial charge is 0.370 e. The van der Waals surface area contributed by atoms with E-state index in [0.29, 0.717) is 11.5 Å². The number of hydrogen-bond acceptors (Lipinski definition) is 6. The zero-order valence-corrected chi connectivity index (χ0v) is 13.7. The van der Waals surface area contributed by atoms with Gasteiger partial charge in [-0.2, -0.15) is 10.2 Å². The Labute approximate surface area is 136 Å². The van der Waals surface area contributed by atoms with Gasteiger partial charge in [0.05, 0.1) is 11.3 Å². The van der Waals surface area contributed by atoms with Gasteiger partial charge in [-0.3, -0.25) is 10.1 Å². The Morgan fingerprint density at radius 3 is 2.70 bits per heavy atom. The molecule has 1 saturated heterocycles. The van der Waals surface area contributed by atoms with Crippen LogP contribution in [0, 0.1) is 18.3 Å². The van der Waals surface area contributed by atoms with Crippen LogP contribution in [0.3, 0.4) is 0 Å². The molecule has 0 amide bonds. The van der Waals surface area contributed by atoms with Crippen molar-refractivity contribution in [3.05, 3.63) is 29.3 Å². The van der Waals surface area contributed by atoms with E-state index in [1.807, 2.05) is 32.0 Å². The Morgan fingerprint density at radius 2 is 2.09 bits per heavy atom. The van der Waals surface area contributed by atoms with Crippen molar-refractivity contribution in [2.24, 2.45) is 0 Å². The highest BCUT2D eigenvalue weighted by Crippen LogP contribution is 2.30. The minimum absolute atomic E-state index is 0.390. The molecule has 0 bridgehead atoms. The maximum Gasteiger partial charge on any atom is 0.244 e. The van der Waals surface area contributed by atoms with Gasteiger partial charge in [-0.1, -0.05) is 0 Å². The summed E-state index contributed by atoms with van der Waals surface area (Å²) in [6.07, 6.45) is 3.65. The minimum atomic E-state index is 0.390. The van der Waals surface area contributed by atoms with E-state index in [1.165, 1.54) is 0 Å². The molecule has 3 rings (SSSR count). The van der Waals surface area contributed by atoms with Crippen molar-refractivity contribution in [2.45, 2.75) is 25.7 Å². The van der Waals surface area contributed by atoms with Gasteiger partial charge in [-0.05, 0) is 25.8 Å². The molecular weight excluding hydrogens is 290 g/mol. The second-order valence-corrected chi connectivity index (χ2v) is 6.13. The Bertz CT molecular complexity index is 720. The molecule has 0 radical (unpaired) electrons. The molecule has 23 heavy (non-hydrogen) atoms. The smallest absolute Gasteiger partial charge is 0.244 e. The van der Waals surface area contributed by atoms with Gasteiger partial charge in [0.2, 0.25) is 5.95 Å². The number of aromatic amines is 1. The van der Waals surface area contributed by atoms with E-state index in [1.54, 1.807) is 6.20 Å². The summed E-state index contributed by atoms with van der Waals surface area (Å²) in [6.45, 7) is 3.76. The van der Waals surface area contributed by atoms with Crippen LogP contribution in [-0.2, 0) is 0 Å². The molecule has 2 aromatic rings. The number of pyridine rings is 1. The average Bonchev–Trinajstić information content (AvgIpc) is 3.05. The van der Waals surface area contributed by atoms with Crippen LogP contribution in [-0.4, -0.2) is 47.4 Å². The number of nitriles is 1. The molecule has 1 aliphatic heterocycles. The van der Waals surface area contributed by atoms with Crippen LogP contribution in [0.4, 0.5) is 11.6 Å². The second-order valence-electron chi connectivity index (χ2n) is 6.13. The Morgan fingerprint density at radius 1 is 1.35 bits per heavy atom. The highest BCUT2D eigenvalue weighted by molar-refractivity contribution is 5.59. The lowest BCUT2D eigenvalue weighted by Gasteiger charge is -2.33. The standard InChI is InChI=1S/C16H21N7/c1-11-8-14(13(9-17)10-18-11)23-6-4-12(5-7-23)15-19-16(21-20-15)22(2)3/h8,10,12H,4-7H2,1-3H3,(H,19,20,21). The molecule has 2 aromatic heterocycles. The lowest BCUT2D eigenvalue weighted by atomic mass is 9.95. The first-order valence-corrected chi connectivity index (χ1v) is 7.80. The van der Waals surface area contributed by atoms with Gasteiger partial charge in [0, 0.05) is 45.0 Å². The quantitative estimate of drug-likeness (QED) is 0.931. The third kappa shape index (κ3) is 3.11. The minimum Gasteiger partial charge on any atom is -0.370 e. The molecule has 0 aliphatic carbocycles. The van der Waals surface area contributed by atoms with Crippen molar-refractivity contribution in [1.82, 2.24) is 20.2 Å². The zero-order chi connectivity index (χ0) is 16.4. The predicted molar refractivity (Wildman–Crippen MR) is 88.6 cm³/mol. The second kappa shape index (κ2) is 6.24. The van der Waals surface area contributed by atoms with E-state index in [2.05, 4.69) is 31.1 Å². The number of hydrogen-bond donors (Lipinski definition) is 1. The molecule has 1 N–H and O–H groups in total. The number of aromatic nitrogens is 4. The first-order chi connectivity index (χ1) is 11.1. The summed E-state index contributed by atoms with van der Waals surface area (Å²) in [7, 11) is 3.87. The van der Waals surface area contributed by atoms with Crippen LogP contribution in [0.25, 0.3) is 0 Å². The van der Waals surface area contributed by atoms with Gasteiger partial charge in [-0.25, -0.2) is 0 Å². The van der Waals surface area contributed by atoms with Crippen molar-refractivity contribution in [2.75, 3.05) is 37.0 Å². The number of rotatable bonds is 3. The van der Waals surface area contributed by atoms with Crippen molar-refractivity contribution in [1.29, 1.82) is 5.26 Å². The monoisotopic (exact) mass is 311 g/mol. The van der Waals surface area contributed by atoms with E-state index in [4.69, 9.17) is 0 Å². The molecule has 7 nitrogen and oxygen atoms in total. The van der Waals surface area contributed by atoms with Crippen LogP contribution >= 0.6 is 0 Å². The molecule has 0 saturated carbocycles. The van der Waals surface area contributed by atoms with Crippen molar-refractivity contribution < 1.29 is 0 Å². The lowest BCUT2D eigenvalue weighted by Crippen LogP contribution is -2.33. The molecule has 0 aromatic carbocycles. The SMILES string of the molecule is Cc1cc(N2CCC(c3nc(N(C)C)n[nH]3)CC2)c(C#N)cn1. The molecular formula is C16H21N7. The fraction of sp³-hybridized carbons (Fsp3) is 0.500. The summed E-state index contributed by atoms with van der Waals surface area (Å²) in [5, 5.41) is 16.6. The third-order valence-corrected chi connectivity index (χ3v) is 4.25. The Kier molecular flexibility index (Phi) is 4.15. The van der Waals surface area contributed by atoms with Crippen LogP contribution < -0.4 is 9.80 Å². The topological polar surface area (TPSA) is 84.7 Å². The van der Waals surface area contributed by atoms with Gasteiger partial charge in [0.25, 0.3) is 0 Å². The van der Waals surface area contributed by atoms with E-state index in [9.17, 15) is 5.26 Å². The molecule has 3 heterocycles. The summed E-state index contributed by atoms with van der Waals surface area (Å²) in [5.74, 6) is 2.07. The summed E-state index contributed by atoms with van der Waals surface area (Å²) in [6, 6.07) is 4.24. The van der Waals surface area contributed by atoms with Crippen molar-refractivity contribution >= 4 is 11.6 Å². The van der Waals surface area contributed by atoms with Gasteiger partial charge in [0.15, 0.2) is 0 Å². The molecule has 0 spiro atoms.